The largest absolute Gasteiger partial charge is 0.305 e. The van der Waals surface area contributed by atoms with Crippen molar-refractivity contribution in [3.63, 3.8) is 0 Å². The highest BCUT2D eigenvalue weighted by Crippen LogP contribution is 2.35. The third kappa shape index (κ3) is 2.72. The van der Waals surface area contributed by atoms with Gasteiger partial charge in [-0.15, -0.1) is 11.3 Å². The Balaban J connectivity index is 1.65. The predicted molar refractivity (Wildman–Crippen MR) is 81.3 cm³/mol. The molecule has 100 valence electrons. The van der Waals surface area contributed by atoms with Crippen LogP contribution in [0.2, 0.25) is 0 Å². The molecule has 0 radical (unpaired) electrons. The minimum Gasteiger partial charge on any atom is -0.305 e. The predicted octanol–water partition coefficient (Wildman–Crippen LogP) is 4.23. The summed E-state index contributed by atoms with van der Waals surface area (Å²) < 4.78 is 0. The van der Waals surface area contributed by atoms with Gasteiger partial charge in [-0.2, -0.15) is 0 Å². The van der Waals surface area contributed by atoms with Gasteiger partial charge in [0.15, 0.2) is 0 Å². The molecule has 0 unspecified atom stereocenters. The van der Waals surface area contributed by atoms with Crippen molar-refractivity contribution in [1.29, 1.82) is 0 Å². The smallest absolute Gasteiger partial charge is 0.107 e. The lowest BCUT2D eigenvalue weighted by molar-refractivity contribution is 0.175. The van der Waals surface area contributed by atoms with Crippen LogP contribution < -0.4 is 5.32 Å². The molecule has 1 aliphatic rings. The van der Waals surface area contributed by atoms with Crippen LogP contribution in [0.3, 0.4) is 0 Å². The van der Waals surface area contributed by atoms with Crippen molar-refractivity contribution in [3.8, 4) is 11.3 Å². The third-order valence-electron chi connectivity index (χ3n) is 4.22. The minimum absolute atomic E-state index is 0.401. The summed E-state index contributed by atoms with van der Waals surface area (Å²) in [5, 5.41) is 7.06. The van der Waals surface area contributed by atoms with Crippen molar-refractivity contribution in [2.75, 3.05) is 0 Å². The molecule has 0 amide bonds. The maximum Gasteiger partial charge on any atom is 0.107 e. The molecule has 1 heterocycles. The monoisotopic (exact) mass is 272 g/mol. The van der Waals surface area contributed by atoms with Crippen LogP contribution in [-0.4, -0.2) is 10.5 Å². The van der Waals surface area contributed by atoms with Crippen molar-refractivity contribution in [2.45, 2.75) is 44.7 Å². The quantitative estimate of drug-likeness (QED) is 0.881. The summed E-state index contributed by atoms with van der Waals surface area (Å²) in [6, 6.07) is 10.4. The summed E-state index contributed by atoms with van der Waals surface area (Å²) in [7, 11) is 0. The van der Waals surface area contributed by atoms with E-state index in [0.29, 0.717) is 5.54 Å². The van der Waals surface area contributed by atoms with E-state index in [1.807, 2.05) is 6.07 Å². The van der Waals surface area contributed by atoms with E-state index in [1.165, 1.54) is 36.3 Å². The third-order valence-corrected chi connectivity index (χ3v) is 5.07. The zero-order valence-corrected chi connectivity index (χ0v) is 12.2. The summed E-state index contributed by atoms with van der Waals surface area (Å²) in [6.07, 6.45) is 5.23. The molecule has 0 spiro atoms. The zero-order valence-electron chi connectivity index (χ0n) is 11.4. The molecular weight excluding hydrogens is 252 g/mol. The van der Waals surface area contributed by atoms with Gasteiger partial charge in [0.2, 0.25) is 0 Å². The molecule has 2 aromatic rings. The maximum atomic E-state index is 4.73. The van der Waals surface area contributed by atoms with Crippen LogP contribution in [0.25, 0.3) is 11.3 Å². The Morgan fingerprint density at radius 3 is 2.68 bits per heavy atom. The van der Waals surface area contributed by atoms with Crippen LogP contribution in [0.4, 0.5) is 0 Å². The zero-order chi connectivity index (χ0) is 13.1. The van der Waals surface area contributed by atoms with E-state index in [-0.39, 0.29) is 0 Å². The summed E-state index contributed by atoms with van der Waals surface area (Å²) >= 11 is 1.76. The lowest BCUT2D eigenvalue weighted by atomic mass is 9.75. The molecule has 1 saturated carbocycles. The minimum atomic E-state index is 0.401. The van der Waals surface area contributed by atoms with Crippen molar-refractivity contribution in [2.24, 2.45) is 0 Å². The average Bonchev–Trinajstić information content (AvgIpc) is 2.88. The Labute approximate surface area is 118 Å². The molecule has 1 fully saturated rings. The van der Waals surface area contributed by atoms with E-state index in [4.69, 9.17) is 4.98 Å². The van der Waals surface area contributed by atoms with Crippen LogP contribution in [0, 0.1) is 0 Å². The lowest BCUT2D eigenvalue weighted by Crippen LogP contribution is -2.49. The van der Waals surface area contributed by atoms with E-state index in [1.54, 1.807) is 11.3 Å². The number of hydrogen-bond acceptors (Lipinski definition) is 3. The molecule has 1 N–H and O–H groups in total. The number of aromatic nitrogens is 1. The molecule has 0 bridgehead atoms. The number of hydrogen-bond donors (Lipinski definition) is 1. The molecular formula is C16H20N2S. The van der Waals surface area contributed by atoms with E-state index in [9.17, 15) is 0 Å². The SMILES string of the molecule is CCC1(NCc2nc(-c3ccccc3)cs2)CCC1. The molecule has 19 heavy (non-hydrogen) atoms. The second-order valence-corrected chi connectivity index (χ2v) is 6.28. The topological polar surface area (TPSA) is 24.9 Å². The van der Waals surface area contributed by atoms with Gasteiger partial charge in [0, 0.05) is 23.0 Å². The first kappa shape index (κ1) is 12.8. The fourth-order valence-corrected chi connectivity index (χ4v) is 3.40. The Morgan fingerprint density at radius 2 is 2.05 bits per heavy atom. The molecule has 1 aromatic carbocycles. The van der Waals surface area contributed by atoms with Crippen molar-refractivity contribution in [1.82, 2.24) is 10.3 Å². The molecule has 0 atom stereocenters. The van der Waals surface area contributed by atoms with Gasteiger partial charge in [0.05, 0.1) is 5.69 Å². The molecule has 1 aromatic heterocycles. The molecule has 0 saturated heterocycles. The van der Waals surface area contributed by atoms with Crippen LogP contribution >= 0.6 is 11.3 Å². The van der Waals surface area contributed by atoms with E-state index in [2.05, 4.69) is 41.9 Å². The van der Waals surface area contributed by atoms with Gasteiger partial charge in [-0.05, 0) is 25.7 Å². The van der Waals surface area contributed by atoms with Gasteiger partial charge in [-0.1, -0.05) is 37.3 Å². The Hall–Kier alpha value is -1.19. The summed E-state index contributed by atoms with van der Waals surface area (Å²) in [4.78, 5) is 4.73. The van der Waals surface area contributed by atoms with Crippen LogP contribution in [-0.2, 0) is 6.54 Å². The summed E-state index contributed by atoms with van der Waals surface area (Å²) in [6.45, 7) is 3.19. The fraction of sp³-hybridized carbons (Fsp3) is 0.438. The molecule has 3 rings (SSSR count). The van der Waals surface area contributed by atoms with Gasteiger partial charge in [-0.25, -0.2) is 4.98 Å². The van der Waals surface area contributed by atoms with Gasteiger partial charge >= 0.3 is 0 Å². The first-order chi connectivity index (χ1) is 9.31. The summed E-state index contributed by atoms with van der Waals surface area (Å²) in [5.41, 5.74) is 2.71. The maximum absolute atomic E-state index is 4.73. The summed E-state index contributed by atoms with van der Waals surface area (Å²) in [5.74, 6) is 0. The van der Waals surface area contributed by atoms with Crippen molar-refractivity contribution < 1.29 is 0 Å². The number of nitrogens with zero attached hydrogens (tertiary/aromatic N) is 1. The number of thiazole rings is 1. The molecule has 1 aliphatic carbocycles. The Morgan fingerprint density at radius 1 is 1.26 bits per heavy atom. The number of rotatable bonds is 5. The van der Waals surface area contributed by atoms with Crippen LogP contribution in [0.15, 0.2) is 35.7 Å². The molecule has 0 aliphatic heterocycles. The van der Waals surface area contributed by atoms with Gasteiger partial charge in [-0.3, -0.25) is 0 Å². The van der Waals surface area contributed by atoms with E-state index in [0.717, 1.165) is 12.2 Å². The van der Waals surface area contributed by atoms with Crippen molar-refractivity contribution >= 4 is 11.3 Å². The normalized spacial score (nSPS) is 17.1. The Kier molecular flexibility index (Phi) is 3.67. The molecule has 2 nitrogen and oxygen atoms in total. The fourth-order valence-electron chi connectivity index (χ4n) is 2.66. The van der Waals surface area contributed by atoms with E-state index < -0.39 is 0 Å². The van der Waals surface area contributed by atoms with Crippen LogP contribution in [0.5, 0.6) is 0 Å². The highest BCUT2D eigenvalue weighted by atomic mass is 32.1. The first-order valence-corrected chi connectivity index (χ1v) is 7.94. The Bertz CT molecular complexity index is 523. The second kappa shape index (κ2) is 5.43. The highest BCUT2D eigenvalue weighted by Gasteiger charge is 2.34. The van der Waals surface area contributed by atoms with E-state index >= 15 is 0 Å². The number of nitrogens with one attached hydrogen (secondary N) is 1. The second-order valence-electron chi connectivity index (χ2n) is 5.33. The van der Waals surface area contributed by atoms with Crippen LogP contribution in [0.1, 0.15) is 37.6 Å². The standard InChI is InChI=1S/C16H20N2S/c1-2-16(9-6-10-16)17-11-15-18-14(12-19-15)13-7-4-3-5-8-13/h3-5,7-8,12,17H,2,6,9-11H2,1H3. The van der Waals surface area contributed by atoms with Gasteiger partial charge in [0.25, 0.3) is 0 Å². The lowest BCUT2D eigenvalue weighted by Gasteiger charge is -2.42. The first-order valence-electron chi connectivity index (χ1n) is 7.06. The average molecular weight is 272 g/mol. The highest BCUT2D eigenvalue weighted by molar-refractivity contribution is 7.09. The molecule has 3 heteroatoms. The van der Waals surface area contributed by atoms with Gasteiger partial charge < -0.3 is 5.32 Å². The van der Waals surface area contributed by atoms with Gasteiger partial charge in [0.1, 0.15) is 5.01 Å². The number of benzene rings is 1. The van der Waals surface area contributed by atoms with Crippen molar-refractivity contribution in [3.05, 3.63) is 40.7 Å².